The molecule has 1 saturated carbocycles. The first-order chi connectivity index (χ1) is 6.17. The van der Waals surface area contributed by atoms with Gasteiger partial charge in [0.25, 0.3) is 0 Å². The number of carboxylic acids is 1. The molecule has 1 atom stereocenters. The lowest BCUT2D eigenvalue weighted by Crippen LogP contribution is -2.42. The molecular weight excluding hydrogens is 170 g/mol. The Labute approximate surface area is 75.0 Å². The van der Waals surface area contributed by atoms with E-state index in [1.165, 1.54) is 0 Å². The van der Waals surface area contributed by atoms with Crippen molar-refractivity contribution in [2.45, 2.75) is 24.3 Å². The number of aliphatic carboxylic acids is 1. The van der Waals surface area contributed by atoms with Crippen LogP contribution in [-0.2, 0) is 10.2 Å². The van der Waals surface area contributed by atoms with Crippen molar-refractivity contribution in [1.29, 1.82) is 0 Å². The van der Waals surface area contributed by atoms with Crippen LogP contribution in [0.5, 0.6) is 0 Å². The van der Waals surface area contributed by atoms with Gasteiger partial charge in [-0.1, -0.05) is 0 Å². The van der Waals surface area contributed by atoms with Crippen molar-refractivity contribution >= 4 is 5.97 Å². The standard InChI is InChI=1S/C8H11N3O2/c9-6(7(12)13)8(1-2-8)5-3-10-4-11-5/h3-4,6H,1-2,9H2,(H,10,11)(H,12,13). The van der Waals surface area contributed by atoms with E-state index in [0.717, 1.165) is 18.5 Å². The molecule has 0 saturated heterocycles. The number of aromatic nitrogens is 2. The maximum atomic E-state index is 10.7. The normalized spacial score (nSPS) is 21.0. The zero-order valence-corrected chi connectivity index (χ0v) is 7.03. The minimum atomic E-state index is -0.952. The third-order valence-corrected chi connectivity index (χ3v) is 2.68. The lowest BCUT2D eigenvalue weighted by molar-refractivity contribution is -0.139. The number of carboxylic acid groups (broad SMARTS) is 1. The number of nitrogens with two attached hydrogens (primary N) is 1. The van der Waals surface area contributed by atoms with Gasteiger partial charge in [-0.05, 0) is 12.8 Å². The van der Waals surface area contributed by atoms with Crippen LogP contribution >= 0.6 is 0 Å². The zero-order valence-electron chi connectivity index (χ0n) is 7.03. The van der Waals surface area contributed by atoms with E-state index in [2.05, 4.69) is 9.97 Å². The fourth-order valence-electron chi connectivity index (χ4n) is 1.65. The largest absolute Gasteiger partial charge is 0.480 e. The SMILES string of the molecule is NC(C(=O)O)C1(c2cnc[nH]2)CC1. The summed E-state index contributed by atoms with van der Waals surface area (Å²) in [6.45, 7) is 0. The van der Waals surface area contributed by atoms with Crippen molar-refractivity contribution in [1.82, 2.24) is 9.97 Å². The van der Waals surface area contributed by atoms with Crippen molar-refractivity contribution in [2.24, 2.45) is 5.73 Å². The van der Waals surface area contributed by atoms with E-state index in [-0.39, 0.29) is 5.41 Å². The molecule has 13 heavy (non-hydrogen) atoms. The van der Waals surface area contributed by atoms with Crippen LogP contribution in [-0.4, -0.2) is 27.1 Å². The summed E-state index contributed by atoms with van der Waals surface area (Å²) in [5.41, 5.74) is 6.05. The summed E-state index contributed by atoms with van der Waals surface area (Å²) in [6, 6.07) is -0.826. The molecule has 1 aliphatic carbocycles. The van der Waals surface area contributed by atoms with Crippen molar-refractivity contribution in [3.05, 3.63) is 18.2 Å². The minimum Gasteiger partial charge on any atom is -0.480 e. The molecule has 2 rings (SSSR count). The number of hydrogen-bond donors (Lipinski definition) is 3. The third-order valence-electron chi connectivity index (χ3n) is 2.68. The zero-order chi connectivity index (χ0) is 9.47. The molecule has 1 aromatic heterocycles. The summed E-state index contributed by atoms with van der Waals surface area (Å²) < 4.78 is 0. The molecule has 1 aromatic rings. The second-order valence-electron chi connectivity index (χ2n) is 3.44. The Hall–Kier alpha value is -1.36. The molecule has 1 unspecified atom stereocenters. The summed E-state index contributed by atoms with van der Waals surface area (Å²) in [7, 11) is 0. The fourth-order valence-corrected chi connectivity index (χ4v) is 1.65. The van der Waals surface area contributed by atoms with Crippen LogP contribution in [0.1, 0.15) is 18.5 Å². The highest BCUT2D eigenvalue weighted by molar-refractivity contribution is 5.76. The van der Waals surface area contributed by atoms with Crippen LogP contribution in [0.3, 0.4) is 0 Å². The fraction of sp³-hybridized carbons (Fsp3) is 0.500. The average Bonchev–Trinajstić information content (AvgIpc) is 2.72. The topological polar surface area (TPSA) is 92.0 Å². The number of aromatic amines is 1. The quantitative estimate of drug-likeness (QED) is 0.604. The summed E-state index contributed by atoms with van der Waals surface area (Å²) in [6.07, 6.45) is 4.84. The molecule has 70 valence electrons. The van der Waals surface area contributed by atoms with Gasteiger partial charge in [-0.15, -0.1) is 0 Å². The van der Waals surface area contributed by atoms with E-state index < -0.39 is 12.0 Å². The number of hydrogen-bond acceptors (Lipinski definition) is 3. The van der Waals surface area contributed by atoms with Gasteiger partial charge in [-0.3, -0.25) is 4.79 Å². The van der Waals surface area contributed by atoms with Gasteiger partial charge in [0.15, 0.2) is 0 Å². The molecule has 1 aliphatic rings. The van der Waals surface area contributed by atoms with Gasteiger partial charge < -0.3 is 15.8 Å². The monoisotopic (exact) mass is 181 g/mol. The second kappa shape index (κ2) is 2.56. The highest BCUT2D eigenvalue weighted by Crippen LogP contribution is 2.49. The molecule has 1 fully saturated rings. The van der Waals surface area contributed by atoms with Gasteiger partial charge in [0, 0.05) is 17.3 Å². The lowest BCUT2D eigenvalue weighted by Gasteiger charge is -2.17. The van der Waals surface area contributed by atoms with Gasteiger partial charge >= 0.3 is 5.97 Å². The van der Waals surface area contributed by atoms with Crippen LogP contribution < -0.4 is 5.73 Å². The van der Waals surface area contributed by atoms with Crippen LogP contribution in [0.25, 0.3) is 0 Å². The third kappa shape index (κ3) is 1.12. The molecule has 4 N–H and O–H groups in total. The Bertz CT molecular complexity index is 316. The maximum Gasteiger partial charge on any atom is 0.321 e. The van der Waals surface area contributed by atoms with Gasteiger partial charge in [-0.2, -0.15) is 0 Å². The van der Waals surface area contributed by atoms with Crippen molar-refractivity contribution in [3.63, 3.8) is 0 Å². The van der Waals surface area contributed by atoms with Crippen LogP contribution in [0.15, 0.2) is 12.5 Å². The number of carbonyl (C=O) groups is 1. The van der Waals surface area contributed by atoms with Crippen LogP contribution in [0, 0.1) is 0 Å². The van der Waals surface area contributed by atoms with E-state index in [0.29, 0.717) is 0 Å². The smallest absolute Gasteiger partial charge is 0.321 e. The first-order valence-electron chi connectivity index (χ1n) is 4.14. The molecule has 5 heteroatoms. The predicted octanol–water partition coefficient (Wildman–Crippen LogP) is -0.147. The number of nitrogens with zero attached hydrogens (tertiary/aromatic N) is 1. The maximum absolute atomic E-state index is 10.7. The highest BCUT2D eigenvalue weighted by Gasteiger charge is 2.53. The Kier molecular flexibility index (Phi) is 1.63. The molecule has 0 amide bonds. The molecular formula is C8H11N3O2. The van der Waals surface area contributed by atoms with E-state index in [1.807, 2.05) is 0 Å². The second-order valence-corrected chi connectivity index (χ2v) is 3.44. The van der Waals surface area contributed by atoms with Crippen molar-refractivity contribution in [2.75, 3.05) is 0 Å². The summed E-state index contributed by atoms with van der Waals surface area (Å²) in [4.78, 5) is 17.5. The highest BCUT2D eigenvalue weighted by atomic mass is 16.4. The average molecular weight is 181 g/mol. The predicted molar refractivity (Wildman–Crippen MR) is 45.1 cm³/mol. The van der Waals surface area contributed by atoms with Crippen molar-refractivity contribution in [3.8, 4) is 0 Å². The van der Waals surface area contributed by atoms with Gasteiger partial charge in [0.05, 0.1) is 6.33 Å². The number of imidazole rings is 1. The van der Waals surface area contributed by atoms with Gasteiger partial charge in [0.1, 0.15) is 6.04 Å². The number of H-pyrrole nitrogens is 1. The molecule has 0 radical (unpaired) electrons. The molecule has 0 aliphatic heterocycles. The summed E-state index contributed by atoms with van der Waals surface area (Å²) in [5.74, 6) is -0.952. The Morgan fingerprint density at radius 1 is 1.77 bits per heavy atom. The Morgan fingerprint density at radius 2 is 2.46 bits per heavy atom. The molecule has 1 heterocycles. The van der Waals surface area contributed by atoms with E-state index in [4.69, 9.17) is 10.8 Å². The molecule has 0 spiro atoms. The summed E-state index contributed by atoms with van der Waals surface area (Å²) >= 11 is 0. The first kappa shape index (κ1) is 8.25. The number of rotatable bonds is 3. The molecule has 0 aromatic carbocycles. The van der Waals surface area contributed by atoms with Crippen LogP contribution in [0.4, 0.5) is 0 Å². The Morgan fingerprint density at radius 3 is 2.85 bits per heavy atom. The summed E-state index contributed by atoms with van der Waals surface area (Å²) in [5, 5.41) is 8.80. The van der Waals surface area contributed by atoms with Crippen molar-refractivity contribution < 1.29 is 9.90 Å². The van der Waals surface area contributed by atoms with Gasteiger partial charge in [0.2, 0.25) is 0 Å². The molecule has 5 nitrogen and oxygen atoms in total. The van der Waals surface area contributed by atoms with E-state index >= 15 is 0 Å². The lowest BCUT2D eigenvalue weighted by atomic mass is 9.94. The first-order valence-corrected chi connectivity index (χ1v) is 4.14. The van der Waals surface area contributed by atoms with E-state index in [9.17, 15) is 4.79 Å². The minimum absolute atomic E-state index is 0.387. The van der Waals surface area contributed by atoms with Gasteiger partial charge in [-0.25, -0.2) is 4.98 Å². The Balaban J connectivity index is 2.27. The molecule has 0 bridgehead atoms. The number of nitrogens with one attached hydrogen (secondary N) is 1. The van der Waals surface area contributed by atoms with Crippen LogP contribution in [0.2, 0.25) is 0 Å². The van der Waals surface area contributed by atoms with E-state index in [1.54, 1.807) is 12.5 Å².